The van der Waals surface area contributed by atoms with E-state index < -0.39 is 5.91 Å². The van der Waals surface area contributed by atoms with Crippen LogP contribution in [0, 0.1) is 0 Å². The number of amides is 2. The molecule has 0 atom stereocenters. The molecule has 6 nitrogen and oxygen atoms in total. The Morgan fingerprint density at radius 3 is 2.17 bits per heavy atom. The second-order valence-electron chi connectivity index (χ2n) is 6.30. The number of hydrogen-bond acceptors (Lipinski definition) is 4. The lowest BCUT2D eigenvalue weighted by molar-refractivity contribution is -0.129. The van der Waals surface area contributed by atoms with E-state index in [2.05, 4.69) is 10.9 Å². The maximum Gasteiger partial charge on any atom is 0.276 e. The predicted molar refractivity (Wildman–Crippen MR) is 110 cm³/mol. The van der Waals surface area contributed by atoms with Crippen molar-refractivity contribution in [2.45, 2.75) is 6.42 Å². The van der Waals surface area contributed by atoms with Gasteiger partial charge in [0.2, 0.25) is 5.91 Å². The largest absolute Gasteiger partial charge is 0.497 e. The summed E-state index contributed by atoms with van der Waals surface area (Å²) in [5.74, 6) is 0.462. The topological polar surface area (TPSA) is 76.7 Å². The van der Waals surface area contributed by atoms with E-state index in [0.717, 1.165) is 16.7 Å². The van der Waals surface area contributed by atoms with Crippen LogP contribution in [0.25, 0.3) is 11.1 Å². The van der Waals surface area contributed by atoms with Gasteiger partial charge in [-0.25, -0.2) is 0 Å². The quantitative estimate of drug-likeness (QED) is 0.608. The highest BCUT2D eigenvalue weighted by Gasteiger charge is 2.07. The monoisotopic (exact) mass is 390 g/mol. The summed E-state index contributed by atoms with van der Waals surface area (Å²) in [6, 6.07) is 24.6. The van der Waals surface area contributed by atoms with E-state index in [-0.39, 0.29) is 18.9 Å². The molecule has 0 aromatic heterocycles. The minimum atomic E-state index is -0.448. The zero-order valence-corrected chi connectivity index (χ0v) is 16.1. The van der Waals surface area contributed by atoms with Gasteiger partial charge >= 0.3 is 0 Å². The van der Waals surface area contributed by atoms with Gasteiger partial charge in [-0.1, -0.05) is 54.6 Å². The Labute approximate surface area is 169 Å². The van der Waals surface area contributed by atoms with E-state index in [4.69, 9.17) is 9.47 Å². The van der Waals surface area contributed by atoms with Crippen LogP contribution in [0.2, 0.25) is 0 Å². The van der Waals surface area contributed by atoms with E-state index >= 15 is 0 Å². The predicted octanol–water partition coefficient (Wildman–Crippen LogP) is 3.13. The van der Waals surface area contributed by atoms with Crippen molar-refractivity contribution in [3.8, 4) is 22.6 Å². The zero-order chi connectivity index (χ0) is 20.5. The Hall–Kier alpha value is -3.80. The summed E-state index contributed by atoms with van der Waals surface area (Å²) in [6.07, 6.45) is 0.124. The lowest BCUT2D eigenvalue weighted by Gasteiger charge is -2.10. The molecule has 0 radical (unpaired) electrons. The van der Waals surface area contributed by atoms with Gasteiger partial charge in [-0.05, 0) is 41.0 Å². The van der Waals surface area contributed by atoms with Crippen LogP contribution in [0.15, 0.2) is 78.9 Å². The molecule has 0 saturated carbocycles. The Kier molecular flexibility index (Phi) is 6.84. The number of ether oxygens (including phenoxy) is 2. The van der Waals surface area contributed by atoms with Gasteiger partial charge in [0.15, 0.2) is 6.61 Å². The molecule has 0 saturated heterocycles. The van der Waals surface area contributed by atoms with E-state index in [9.17, 15) is 9.59 Å². The fourth-order valence-electron chi connectivity index (χ4n) is 2.71. The maximum atomic E-state index is 12.0. The van der Waals surface area contributed by atoms with Crippen LogP contribution in [0.4, 0.5) is 0 Å². The van der Waals surface area contributed by atoms with Gasteiger partial charge < -0.3 is 9.47 Å². The molecule has 2 N–H and O–H groups in total. The minimum absolute atomic E-state index is 0.124. The highest BCUT2D eigenvalue weighted by molar-refractivity contribution is 5.84. The fourth-order valence-corrected chi connectivity index (χ4v) is 2.71. The standard InChI is InChI=1S/C23H22N2O4/c1-28-21-9-5-6-17(14-21)15-22(26)24-25-23(27)16-29-20-12-10-19(11-13-20)18-7-3-2-4-8-18/h2-14H,15-16H2,1H3,(H,24,26)(H,25,27). The molecule has 3 aromatic rings. The van der Waals surface area contributed by atoms with Crippen molar-refractivity contribution in [2.24, 2.45) is 0 Å². The first-order valence-corrected chi connectivity index (χ1v) is 9.13. The minimum Gasteiger partial charge on any atom is -0.497 e. The van der Waals surface area contributed by atoms with Crippen molar-refractivity contribution in [2.75, 3.05) is 13.7 Å². The molecule has 0 aliphatic carbocycles. The third kappa shape index (κ3) is 6.10. The summed E-state index contributed by atoms with van der Waals surface area (Å²) in [5, 5.41) is 0. The van der Waals surface area contributed by atoms with E-state index in [1.165, 1.54) is 0 Å². The number of carbonyl (C=O) groups excluding carboxylic acids is 2. The summed E-state index contributed by atoms with van der Waals surface area (Å²) < 4.78 is 10.6. The maximum absolute atomic E-state index is 12.0. The van der Waals surface area contributed by atoms with Gasteiger partial charge in [-0.3, -0.25) is 20.4 Å². The number of benzene rings is 3. The summed E-state index contributed by atoms with van der Waals surface area (Å²) >= 11 is 0. The lowest BCUT2D eigenvalue weighted by atomic mass is 10.1. The molecule has 0 heterocycles. The molecule has 0 unspecified atom stereocenters. The van der Waals surface area contributed by atoms with Gasteiger partial charge in [0.25, 0.3) is 5.91 Å². The second-order valence-corrected chi connectivity index (χ2v) is 6.30. The van der Waals surface area contributed by atoms with Crippen molar-refractivity contribution in [3.05, 3.63) is 84.4 Å². The molecule has 3 rings (SSSR count). The van der Waals surface area contributed by atoms with E-state index in [1.54, 1.807) is 37.4 Å². The number of carbonyl (C=O) groups is 2. The summed E-state index contributed by atoms with van der Waals surface area (Å²) in [6.45, 7) is -0.204. The van der Waals surface area contributed by atoms with Crippen LogP contribution >= 0.6 is 0 Å². The Morgan fingerprint density at radius 2 is 1.45 bits per heavy atom. The van der Waals surface area contributed by atoms with E-state index in [0.29, 0.717) is 11.5 Å². The van der Waals surface area contributed by atoms with Gasteiger partial charge in [0.05, 0.1) is 13.5 Å². The number of hydrazine groups is 1. The van der Waals surface area contributed by atoms with Crippen molar-refractivity contribution in [1.29, 1.82) is 0 Å². The highest BCUT2D eigenvalue weighted by atomic mass is 16.5. The molecular weight excluding hydrogens is 368 g/mol. The number of hydrogen-bond donors (Lipinski definition) is 2. The van der Waals surface area contributed by atoms with E-state index in [1.807, 2.05) is 48.5 Å². The SMILES string of the molecule is COc1cccc(CC(=O)NNC(=O)COc2ccc(-c3ccccc3)cc2)c1. The number of methoxy groups -OCH3 is 1. The fraction of sp³-hybridized carbons (Fsp3) is 0.130. The molecule has 0 aliphatic rings. The molecular formula is C23H22N2O4. The molecule has 3 aromatic carbocycles. The van der Waals surface area contributed by atoms with Crippen molar-refractivity contribution < 1.29 is 19.1 Å². The van der Waals surface area contributed by atoms with Crippen molar-refractivity contribution >= 4 is 11.8 Å². The number of nitrogens with one attached hydrogen (secondary N) is 2. The molecule has 0 aliphatic heterocycles. The number of rotatable bonds is 7. The smallest absolute Gasteiger partial charge is 0.276 e. The van der Waals surface area contributed by atoms with Gasteiger partial charge in [-0.2, -0.15) is 0 Å². The zero-order valence-electron chi connectivity index (χ0n) is 16.1. The average Bonchev–Trinajstić information content (AvgIpc) is 2.77. The third-order valence-corrected chi connectivity index (χ3v) is 4.17. The Balaban J connectivity index is 1.42. The Morgan fingerprint density at radius 1 is 0.759 bits per heavy atom. The molecule has 29 heavy (non-hydrogen) atoms. The summed E-state index contributed by atoms with van der Waals surface area (Å²) in [4.78, 5) is 23.8. The summed E-state index contributed by atoms with van der Waals surface area (Å²) in [7, 11) is 1.56. The lowest BCUT2D eigenvalue weighted by Crippen LogP contribution is -2.44. The van der Waals surface area contributed by atoms with Crippen LogP contribution < -0.4 is 20.3 Å². The highest BCUT2D eigenvalue weighted by Crippen LogP contribution is 2.21. The summed E-state index contributed by atoms with van der Waals surface area (Å²) in [5.41, 5.74) is 7.67. The molecule has 0 fully saturated rings. The van der Waals surface area contributed by atoms with Crippen molar-refractivity contribution in [1.82, 2.24) is 10.9 Å². The molecule has 0 bridgehead atoms. The average molecular weight is 390 g/mol. The van der Waals surface area contributed by atoms with Gasteiger partial charge in [0.1, 0.15) is 11.5 Å². The first kappa shape index (κ1) is 19.9. The normalized spacial score (nSPS) is 10.1. The first-order chi connectivity index (χ1) is 14.1. The second kappa shape index (κ2) is 9.94. The van der Waals surface area contributed by atoms with Crippen LogP contribution in [-0.2, 0) is 16.0 Å². The van der Waals surface area contributed by atoms with Gasteiger partial charge in [0, 0.05) is 0 Å². The van der Waals surface area contributed by atoms with Crippen molar-refractivity contribution in [3.63, 3.8) is 0 Å². The third-order valence-electron chi connectivity index (χ3n) is 4.17. The first-order valence-electron chi connectivity index (χ1n) is 9.13. The van der Waals surface area contributed by atoms with Crippen LogP contribution in [0.5, 0.6) is 11.5 Å². The van der Waals surface area contributed by atoms with Crippen LogP contribution in [-0.4, -0.2) is 25.5 Å². The molecule has 2 amide bonds. The van der Waals surface area contributed by atoms with Gasteiger partial charge in [-0.15, -0.1) is 0 Å². The Bertz CT molecular complexity index is 956. The molecule has 0 spiro atoms. The molecule has 148 valence electrons. The molecule has 6 heteroatoms. The van der Waals surface area contributed by atoms with Crippen LogP contribution in [0.1, 0.15) is 5.56 Å². The van der Waals surface area contributed by atoms with Crippen LogP contribution in [0.3, 0.4) is 0 Å².